The highest BCUT2D eigenvalue weighted by Crippen LogP contribution is 2.42. The van der Waals surface area contributed by atoms with E-state index in [0.717, 1.165) is 44.9 Å². The van der Waals surface area contributed by atoms with E-state index in [2.05, 4.69) is 26.2 Å². The Morgan fingerprint density at radius 3 is 2.41 bits per heavy atom. The van der Waals surface area contributed by atoms with Crippen molar-refractivity contribution in [2.24, 2.45) is 7.05 Å². The summed E-state index contributed by atoms with van der Waals surface area (Å²) in [4.78, 5) is 19.8. The summed E-state index contributed by atoms with van der Waals surface area (Å²) in [5, 5.41) is 11.4. The van der Waals surface area contributed by atoms with E-state index in [4.69, 9.17) is 14.6 Å². The number of halogens is 3. The molecule has 29 heavy (non-hydrogen) atoms. The second-order valence-electron chi connectivity index (χ2n) is 7.18. The lowest BCUT2D eigenvalue weighted by Crippen LogP contribution is -2.44. The van der Waals surface area contributed by atoms with Crippen molar-refractivity contribution in [3.63, 3.8) is 0 Å². The van der Waals surface area contributed by atoms with Gasteiger partial charge < -0.3 is 14.7 Å². The molecule has 11 heteroatoms. The Morgan fingerprint density at radius 1 is 1.28 bits per heavy atom. The molecule has 0 saturated carbocycles. The van der Waals surface area contributed by atoms with Crippen LogP contribution in [0.4, 0.5) is 19.1 Å². The molecule has 1 N–H and O–H groups in total. The summed E-state index contributed by atoms with van der Waals surface area (Å²) < 4.78 is 39.8. The number of hydrogen-bond acceptors (Lipinski definition) is 6. The number of nitrogens with zero attached hydrogens (tertiary/aromatic N) is 5. The van der Waals surface area contributed by atoms with Crippen LogP contribution in [0.2, 0.25) is 0 Å². The van der Waals surface area contributed by atoms with Gasteiger partial charge in [-0.1, -0.05) is 0 Å². The van der Waals surface area contributed by atoms with Crippen LogP contribution in [-0.4, -0.2) is 62.3 Å². The third-order valence-electron chi connectivity index (χ3n) is 5.16. The Bertz CT molecular complexity index is 820. The van der Waals surface area contributed by atoms with Gasteiger partial charge in [0.15, 0.2) is 0 Å². The minimum absolute atomic E-state index is 0.0335. The fraction of sp³-hybridized carbons (Fsp3) is 0.556. The molecule has 0 aromatic carbocycles. The highest BCUT2D eigenvalue weighted by Gasteiger charge is 2.43. The molecule has 2 aromatic rings. The first-order chi connectivity index (χ1) is 13.7. The van der Waals surface area contributed by atoms with Crippen molar-refractivity contribution < 1.29 is 27.8 Å². The highest BCUT2D eigenvalue weighted by atomic mass is 19.4. The molecule has 1 unspecified atom stereocenters. The molecule has 0 amide bonds. The number of anilines is 1. The molecule has 158 valence electrons. The summed E-state index contributed by atoms with van der Waals surface area (Å²) in [6, 6.07) is 1.85. The molecular formula is C18H22F3N5O3. The molecule has 2 saturated heterocycles. The van der Waals surface area contributed by atoms with Crippen molar-refractivity contribution in [2.75, 3.05) is 24.6 Å². The maximum Gasteiger partial charge on any atom is 0.490 e. The number of hydrogen-bond donors (Lipinski definition) is 1. The molecule has 2 fully saturated rings. The number of alkyl halides is 3. The van der Waals surface area contributed by atoms with Gasteiger partial charge in [0.1, 0.15) is 0 Å². The fourth-order valence-electron chi connectivity index (χ4n) is 3.63. The quantitative estimate of drug-likeness (QED) is 0.808. The van der Waals surface area contributed by atoms with Crippen LogP contribution in [0.15, 0.2) is 30.9 Å². The molecule has 2 aliphatic rings. The number of aryl methyl sites for hydroxylation is 1. The molecule has 4 heterocycles. The average Bonchev–Trinajstić information content (AvgIpc) is 3.30. The Morgan fingerprint density at radius 2 is 1.90 bits per heavy atom. The molecule has 0 radical (unpaired) electrons. The monoisotopic (exact) mass is 413 g/mol. The minimum Gasteiger partial charge on any atom is -0.475 e. The third kappa shape index (κ3) is 5.22. The maximum atomic E-state index is 10.6. The lowest BCUT2D eigenvalue weighted by atomic mass is 9.84. The number of ether oxygens (including phenoxy) is 1. The standard InChI is InChI=1S/C16H21N5O.C2HF3O2/c1-20-11-14(10-19-20)13-9-16(22-12-13)3-7-21(8-4-16)15-17-5-2-6-18-15;3-2(4,5)1(6)7/h2,5-6,10-11,13H,3-4,7-9,12H2,1H3;(H,6,7). The topological polar surface area (TPSA) is 93.4 Å². The van der Waals surface area contributed by atoms with Crippen molar-refractivity contribution in [1.82, 2.24) is 19.7 Å². The molecular weight excluding hydrogens is 391 g/mol. The highest BCUT2D eigenvalue weighted by molar-refractivity contribution is 5.73. The maximum absolute atomic E-state index is 10.6. The first-order valence-electron chi connectivity index (χ1n) is 9.13. The zero-order chi connectivity index (χ0) is 21.1. The molecule has 1 spiro atoms. The number of carbonyl (C=O) groups is 1. The van der Waals surface area contributed by atoms with E-state index in [-0.39, 0.29) is 5.60 Å². The van der Waals surface area contributed by atoms with Gasteiger partial charge in [-0.05, 0) is 30.9 Å². The Hall–Kier alpha value is -2.69. The molecule has 2 aliphatic heterocycles. The smallest absolute Gasteiger partial charge is 0.475 e. The van der Waals surface area contributed by atoms with Gasteiger partial charge in [0.2, 0.25) is 5.95 Å². The van der Waals surface area contributed by atoms with Gasteiger partial charge in [-0.2, -0.15) is 18.3 Å². The molecule has 2 aromatic heterocycles. The van der Waals surface area contributed by atoms with Crippen LogP contribution in [0.25, 0.3) is 0 Å². The van der Waals surface area contributed by atoms with Gasteiger partial charge in [0.05, 0.1) is 18.4 Å². The number of rotatable bonds is 2. The van der Waals surface area contributed by atoms with Crippen LogP contribution in [0, 0.1) is 0 Å². The van der Waals surface area contributed by atoms with E-state index in [9.17, 15) is 13.2 Å². The lowest BCUT2D eigenvalue weighted by molar-refractivity contribution is -0.192. The van der Waals surface area contributed by atoms with Gasteiger partial charge in [-0.15, -0.1) is 0 Å². The van der Waals surface area contributed by atoms with Crippen LogP contribution in [0.5, 0.6) is 0 Å². The molecule has 0 aliphatic carbocycles. The summed E-state index contributed by atoms with van der Waals surface area (Å²) in [5.41, 5.74) is 1.33. The summed E-state index contributed by atoms with van der Waals surface area (Å²) >= 11 is 0. The SMILES string of the molecule is Cn1cc(C2COC3(CCN(c4ncccn4)CC3)C2)cn1.O=C(O)C(F)(F)F. The second-order valence-corrected chi connectivity index (χ2v) is 7.18. The number of piperidine rings is 1. The second kappa shape index (κ2) is 8.36. The first-order valence-corrected chi connectivity index (χ1v) is 9.13. The van der Waals surface area contributed by atoms with E-state index in [1.165, 1.54) is 5.56 Å². The fourth-order valence-corrected chi connectivity index (χ4v) is 3.63. The number of carboxylic acids is 1. The van der Waals surface area contributed by atoms with Gasteiger partial charge in [-0.25, -0.2) is 14.8 Å². The average molecular weight is 413 g/mol. The van der Waals surface area contributed by atoms with Crippen molar-refractivity contribution >= 4 is 11.9 Å². The molecule has 8 nitrogen and oxygen atoms in total. The molecule has 0 bridgehead atoms. The van der Waals surface area contributed by atoms with E-state index >= 15 is 0 Å². The predicted molar refractivity (Wildman–Crippen MR) is 96.4 cm³/mol. The van der Waals surface area contributed by atoms with Crippen molar-refractivity contribution in [1.29, 1.82) is 0 Å². The predicted octanol–water partition coefficient (Wildman–Crippen LogP) is 2.39. The van der Waals surface area contributed by atoms with Crippen molar-refractivity contribution in [2.45, 2.75) is 37.0 Å². The van der Waals surface area contributed by atoms with Crippen LogP contribution in [0.3, 0.4) is 0 Å². The van der Waals surface area contributed by atoms with E-state index in [0.29, 0.717) is 5.92 Å². The van der Waals surface area contributed by atoms with E-state index in [1.807, 2.05) is 24.0 Å². The van der Waals surface area contributed by atoms with Crippen molar-refractivity contribution in [3.8, 4) is 0 Å². The first kappa shape index (κ1) is 21.0. The molecule has 4 rings (SSSR count). The van der Waals surface area contributed by atoms with Gasteiger partial charge in [0.25, 0.3) is 0 Å². The number of aliphatic carboxylic acids is 1. The minimum atomic E-state index is -5.08. The van der Waals surface area contributed by atoms with Crippen LogP contribution >= 0.6 is 0 Å². The Kier molecular flexibility index (Phi) is 6.06. The third-order valence-corrected chi connectivity index (χ3v) is 5.16. The molecule has 1 atom stereocenters. The normalized spacial score (nSPS) is 21.0. The summed E-state index contributed by atoms with van der Waals surface area (Å²) in [7, 11) is 1.97. The zero-order valence-corrected chi connectivity index (χ0v) is 15.8. The van der Waals surface area contributed by atoms with Gasteiger partial charge >= 0.3 is 12.1 Å². The van der Waals surface area contributed by atoms with E-state index < -0.39 is 12.1 Å². The number of aromatic nitrogens is 4. The van der Waals surface area contributed by atoms with Crippen molar-refractivity contribution in [3.05, 3.63) is 36.4 Å². The zero-order valence-electron chi connectivity index (χ0n) is 15.8. The van der Waals surface area contributed by atoms with Crippen LogP contribution < -0.4 is 4.90 Å². The van der Waals surface area contributed by atoms with E-state index in [1.54, 1.807) is 12.4 Å². The summed E-state index contributed by atoms with van der Waals surface area (Å²) in [6.07, 6.45) is 5.79. The summed E-state index contributed by atoms with van der Waals surface area (Å²) in [5.74, 6) is -1.44. The van der Waals surface area contributed by atoms with Crippen LogP contribution in [0.1, 0.15) is 30.7 Å². The van der Waals surface area contributed by atoms with Crippen LogP contribution in [-0.2, 0) is 16.6 Å². The largest absolute Gasteiger partial charge is 0.490 e. The van der Waals surface area contributed by atoms with Gasteiger partial charge in [0, 0.05) is 44.6 Å². The Balaban J connectivity index is 0.000000298. The lowest BCUT2D eigenvalue weighted by Gasteiger charge is -2.38. The Labute approximate surface area is 165 Å². The van der Waals surface area contributed by atoms with Gasteiger partial charge in [-0.3, -0.25) is 4.68 Å². The summed E-state index contributed by atoms with van der Waals surface area (Å²) in [6.45, 7) is 2.74. The number of carboxylic acid groups (broad SMARTS) is 1.